The van der Waals surface area contributed by atoms with Crippen molar-refractivity contribution < 1.29 is 19.1 Å². The van der Waals surface area contributed by atoms with Crippen LogP contribution in [0.5, 0.6) is 0 Å². The first-order valence-electron chi connectivity index (χ1n) is 4.86. The van der Waals surface area contributed by atoms with Crippen LogP contribution in [0.15, 0.2) is 30.3 Å². The Morgan fingerprint density at radius 2 is 2.06 bits per heavy atom. The molecule has 1 amide bonds. The number of carbonyl (C=O) groups is 1. The first kappa shape index (κ1) is 11.9. The molecule has 17 heavy (non-hydrogen) atoms. The molecule has 0 saturated heterocycles. The minimum Gasteiger partial charge on any atom is -0.351 e. The van der Waals surface area contributed by atoms with Crippen molar-refractivity contribution in [2.45, 2.75) is 0 Å². The third kappa shape index (κ3) is 2.94. The van der Waals surface area contributed by atoms with Crippen LogP contribution in [0.2, 0.25) is 0 Å². The molecule has 0 aliphatic carbocycles. The topological polar surface area (TPSA) is 102 Å². The Kier molecular flexibility index (Phi) is 3.02. The van der Waals surface area contributed by atoms with E-state index in [1.54, 1.807) is 6.07 Å². The van der Waals surface area contributed by atoms with E-state index >= 15 is 0 Å². The van der Waals surface area contributed by atoms with Gasteiger partial charge in [-0.2, -0.15) is 0 Å². The van der Waals surface area contributed by atoms with E-state index in [9.17, 15) is 9.36 Å². The molecule has 90 valence electrons. The van der Waals surface area contributed by atoms with Gasteiger partial charge in [-0.25, -0.2) is 0 Å². The maximum Gasteiger partial charge on any atom is 0.344 e. The van der Waals surface area contributed by atoms with Crippen LogP contribution in [-0.2, 0) is 4.57 Å². The van der Waals surface area contributed by atoms with Crippen molar-refractivity contribution in [2.24, 2.45) is 0 Å². The van der Waals surface area contributed by atoms with Crippen LogP contribution in [0.25, 0.3) is 10.9 Å². The highest BCUT2D eigenvalue weighted by atomic mass is 31.2. The summed E-state index contributed by atoms with van der Waals surface area (Å²) < 4.78 is 10.6. The van der Waals surface area contributed by atoms with Gasteiger partial charge in [-0.05, 0) is 12.1 Å². The third-order valence-electron chi connectivity index (χ3n) is 2.22. The number of aromatic nitrogens is 1. The Bertz CT molecular complexity index is 568. The number of hydrogen-bond donors (Lipinski definition) is 4. The van der Waals surface area contributed by atoms with Gasteiger partial charge in [-0.15, -0.1) is 0 Å². The fourth-order valence-electron chi connectivity index (χ4n) is 1.47. The van der Waals surface area contributed by atoms with E-state index in [2.05, 4.69) is 10.3 Å². The van der Waals surface area contributed by atoms with E-state index in [-0.39, 0.29) is 5.69 Å². The largest absolute Gasteiger partial charge is 0.351 e. The molecule has 0 fully saturated rings. The molecular weight excluding hydrogens is 243 g/mol. The molecule has 1 heterocycles. The molecule has 0 atom stereocenters. The van der Waals surface area contributed by atoms with E-state index in [0.29, 0.717) is 0 Å². The van der Waals surface area contributed by atoms with E-state index in [0.717, 1.165) is 10.9 Å². The lowest BCUT2D eigenvalue weighted by Gasteiger charge is -2.04. The number of rotatable bonds is 3. The number of fused-ring (bicyclic) bond motifs is 1. The molecule has 1 aromatic heterocycles. The van der Waals surface area contributed by atoms with Gasteiger partial charge in [0.1, 0.15) is 12.0 Å². The first-order chi connectivity index (χ1) is 7.96. The van der Waals surface area contributed by atoms with Crippen molar-refractivity contribution in [1.29, 1.82) is 0 Å². The van der Waals surface area contributed by atoms with E-state index in [4.69, 9.17) is 9.79 Å². The molecule has 2 rings (SSSR count). The monoisotopic (exact) mass is 254 g/mol. The van der Waals surface area contributed by atoms with Crippen LogP contribution in [0.4, 0.5) is 0 Å². The average molecular weight is 254 g/mol. The molecule has 0 saturated carbocycles. The Morgan fingerprint density at radius 3 is 2.71 bits per heavy atom. The second-order valence-corrected chi connectivity index (χ2v) is 5.24. The van der Waals surface area contributed by atoms with Gasteiger partial charge in [0.15, 0.2) is 0 Å². The van der Waals surface area contributed by atoms with Crippen molar-refractivity contribution in [3.8, 4) is 0 Å². The maximum absolute atomic E-state index is 11.6. The van der Waals surface area contributed by atoms with Gasteiger partial charge in [0.05, 0.1) is 0 Å². The van der Waals surface area contributed by atoms with Crippen LogP contribution in [-0.4, -0.2) is 27.0 Å². The summed E-state index contributed by atoms with van der Waals surface area (Å²) in [6, 6.07) is 8.95. The minimum atomic E-state index is -4.22. The number of nitrogens with one attached hydrogen (secondary N) is 2. The summed E-state index contributed by atoms with van der Waals surface area (Å²) in [5, 5.41) is 3.04. The van der Waals surface area contributed by atoms with Gasteiger partial charge >= 0.3 is 7.60 Å². The Morgan fingerprint density at radius 1 is 1.35 bits per heavy atom. The highest BCUT2D eigenvalue weighted by Gasteiger charge is 2.16. The Labute approximate surface area is 96.8 Å². The smallest absolute Gasteiger partial charge is 0.344 e. The number of H-pyrrole nitrogens is 1. The zero-order valence-electron chi connectivity index (χ0n) is 8.75. The van der Waals surface area contributed by atoms with Crippen LogP contribution in [0, 0.1) is 0 Å². The molecule has 7 heteroatoms. The second kappa shape index (κ2) is 4.33. The fourth-order valence-corrected chi connectivity index (χ4v) is 1.82. The number of benzene rings is 1. The van der Waals surface area contributed by atoms with Crippen molar-refractivity contribution >= 4 is 24.4 Å². The van der Waals surface area contributed by atoms with Crippen LogP contribution >= 0.6 is 7.60 Å². The van der Waals surface area contributed by atoms with Gasteiger partial charge in [0.25, 0.3) is 5.91 Å². The predicted octanol–water partition coefficient (Wildman–Crippen LogP) is 1.03. The zero-order chi connectivity index (χ0) is 12.5. The van der Waals surface area contributed by atoms with Gasteiger partial charge in [0.2, 0.25) is 0 Å². The van der Waals surface area contributed by atoms with Crippen molar-refractivity contribution in [2.75, 3.05) is 6.29 Å². The highest BCUT2D eigenvalue weighted by molar-refractivity contribution is 7.51. The summed E-state index contributed by atoms with van der Waals surface area (Å²) in [5.74, 6) is -0.537. The van der Waals surface area contributed by atoms with Crippen molar-refractivity contribution in [3.63, 3.8) is 0 Å². The predicted molar refractivity (Wildman–Crippen MR) is 62.7 cm³/mol. The summed E-state index contributed by atoms with van der Waals surface area (Å²) in [6.07, 6.45) is -0.665. The molecule has 0 aliphatic rings. The molecule has 0 bridgehead atoms. The SMILES string of the molecule is O=C(NCP(=O)(O)O)c1cc2ccccc2[nH]1. The highest BCUT2D eigenvalue weighted by Crippen LogP contribution is 2.32. The van der Waals surface area contributed by atoms with E-state index < -0.39 is 19.8 Å². The molecule has 6 nitrogen and oxygen atoms in total. The van der Waals surface area contributed by atoms with Crippen LogP contribution < -0.4 is 5.32 Å². The summed E-state index contributed by atoms with van der Waals surface area (Å²) in [4.78, 5) is 31.7. The third-order valence-corrected chi connectivity index (χ3v) is 2.79. The number of carbonyl (C=O) groups excluding carboxylic acids is 1. The molecule has 0 spiro atoms. The number of aromatic amines is 1. The number of para-hydroxylation sites is 1. The Balaban J connectivity index is 2.17. The maximum atomic E-state index is 11.6. The lowest BCUT2D eigenvalue weighted by Crippen LogP contribution is -2.24. The summed E-state index contributed by atoms with van der Waals surface area (Å²) in [7, 11) is -4.22. The second-order valence-electron chi connectivity index (χ2n) is 3.60. The fraction of sp³-hybridized carbons (Fsp3) is 0.100. The van der Waals surface area contributed by atoms with Crippen LogP contribution in [0.1, 0.15) is 10.5 Å². The van der Waals surface area contributed by atoms with Gasteiger partial charge < -0.3 is 20.1 Å². The standard InChI is InChI=1S/C10H11N2O4P/c13-10(11-6-17(14,15)16)9-5-7-3-1-2-4-8(7)12-9/h1-5,12H,6H2,(H,11,13)(H2,14,15,16). The molecular formula is C10H11N2O4P. The Hall–Kier alpha value is -1.62. The first-order valence-corrected chi connectivity index (χ1v) is 6.66. The normalized spacial score (nSPS) is 11.6. The number of hydrogen-bond acceptors (Lipinski definition) is 2. The average Bonchev–Trinajstić information content (AvgIpc) is 2.68. The van der Waals surface area contributed by atoms with Crippen molar-refractivity contribution in [3.05, 3.63) is 36.0 Å². The zero-order valence-corrected chi connectivity index (χ0v) is 9.65. The van der Waals surface area contributed by atoms with Gasteiger partial charge in [0, 0.05) is 10.9 Å². The summed E-state index contributed by atoms with van der Waals surface area (Å²) in [5.41, 5.74) is 1.08. The van der Waals surface area contributed by atoms with Crippen LogP contribution in [0.3, 0.4) is 0 Å². The van der Waals surface area contributed by atoms with E-state index in [1.165, 1.54) is 0 Å². The lowest BCUT2D eigenvalue weighted by molar-refractivity contribution is 0.0953. The number of amides is 1. The molecule has 0 radical (unpaired) electrons. The molecule has 1 aromatic carbocycles. The quantitative estimate of drug-likeness (QED) is 0.614. The molecule has 2 aromatic rings. The van der Waals surface area contributed by atoms with Gasteiger partial charge in [-0.3, -0.25) is 9.36 Å². The molecule has 4 N–H and O–H groups in total. The molecule has 0 unspecified atom stereocenters. The van der Waals surface area contributed by atoms with E-state index in [1.807, 2.05) is 24.3 Å². The lowest BCUT2D eigenvalue weighted by atomic mass is 10.2. The summed E-state index contributed by atoms with van der Waals surface area (Å²) >= 11 is 0. The van der Waals surface area contributed by atoms with Crippen molar-refractivity contribution in [1.82, 2.24) is 10.3 Å². The summed E-state index contributed by atoms with van der Waals surface area (Å²) in [6.45, 7) is 0. The van der Waals surface area contributed by atoms with Gasteiger partial charge in [-0.1, -0.05) is 18.2 Å². The minimum absolute atomic E-state index is 0.277. The molecule has 0 aliphatic heterocycles.